The summed E-state index contributed by atoms with van der Waals surface area (Å²) in [7, 11) is 0. The van der Waals surface area contributed by atoms with E-state index < -0.39 is 11.9 Å². The number of rotatable bonds is 6. The van der Waals surface area contributed by atoms with Gasteiger partial charge in [0.1, 0.15) is 0 Å². The van der Waals surface area contributed by atoms with E-state index in [-0.39, 0.29) is 42.5 Å². The molecule has 0 spiro atoms. The van der Waals surface area contributed by atoms with Crippen molar-refractivity contribution in [3.8, 4) is 0 Å². The van der Waals surface area contributed by atoms with Gasteiger partial charge in [-0.05, 0) is 43.5 Å². The van der Waals surface area contributed by atoms with Gasteiger partial charge in [0, 0.05) is 18.8 Å². The third-order valence-electron chi connectivity index (χ3n) is 5.21. The zero-order valence-corrected chi connectivity index (χ0v) is 17.7. The average Bonchev–Trinajstić information content (AvgIpc) is 3.33. The fourth-order valence-electron chi connectivity index (χ4n) is 3.56. The normalized spacial score (nSPS) is 15.9. The van der Waals surface area contributed by atoms with Gasteiger partial charge in [-0.15, -0.1) is 0 Å². The summed E-state index contributed by atoms with van der Waals surface area (Å²) in [4.78, 5) is 39.2. The fraction of sp³-hybridized carbons (Fsp3) is 0.318. The minimum Gasteiger partial charge on any atom is -0.459 e. The predicted molar refractivity (Wildman–Crippen MR) is 116 cm³/mol. The van der Waals surface area contributed by atoms with Crippen LogP contribution in [0.15, 0.2) is 47.1 Å². The van der Waals surface area contributed by atoms with Crippen LogP contribution in [-0.2, 0) is 16.1 Å². The molecule has 166 valence electrons. The largest absolute Gasteiger partial charge is 0.459 e. The van der Waals surface area contributed by atoms with Crippen LogP contribution in [0.1, 0.15) is 34.8 Å². The number of carbonyl (C=O) groups is 2. The van der Waals surface area contributed by atoms with E-state index >= 15 is 0 Å². The molecule has 3 N–H and O–H groups in total. The van der Waals surface area contributed by atoms with Crippen molar-refractivity contribution in [2.24, 2.45) is 5.92 Å². The van der Waals surface area contributed by atoms with Gasteiger partial charge >= 0.3 is 5.97 Å². The number of amides is 1. The number of benzene rings is 1. The molecular weight excluding hydrogens is 412 g/mol. The first-order chi connectivity index (χ1) is 15.5. The summed E-state index contributed by atoms with van der Waals surface area (Å²) < 4.78 is 10.6. The van der Waals surface area contributed by atoms with Crippen molar-refractivity contribution >= 4 is 29.5 Å². The highest BCUT2D eigenvalue weighted by molar-refractivity contribution is 5.91. The number of nitrogens with two attached hydrogens (primary N) is 1. The number of para-hydroxylation sites is 1. The number of aromatic nitrogens is 3. The Morgan fingerprint density at radius 1 is 1.22 bits per heavy atom. The molecule has 1 aliphatic heterocycles. The van der Waals surface area contributed by atoms with Crippen LogP contribution in [-0.4, -0.2) is 44.8 Å². The van der Waals surface area contributed by atoms with E-state index in [1.807, 2.05) is 31.2 Å². The minimum atomic E-state index is -0.425. The van der Waals surface area contributed by atoms with E-state index in [9.17, 15) is 9.59 Å². The number of nitrogens with one attached hydrogen (secondary N) is 1. The molecule has 1 aliphatic rings. The molecule has 2 aromatic heterocycles. The fourth-order valence-corrected chi connectivity index (χ4v) is 3.56. The zero-order chi connectivity index (χ0) is 22.5. The van der Waals surface area contributed by atoms with Crippen LogP contribution in [0.25, 0.3) is 0 Å². The minimum absolute atomic E-state index is 0.0232. The first-order valence-electron chi connectivity index (χ1n) is 10.3. The average molecular weight is 436 g/mol. The summed E-state index contributed by atoms with van der Waals surface area (Å²) >= 11 is 0. The van der Waals surface area contributed by atoms with Gasteiger partial charge in [0.2, 0.25) is 11.9 Å². The summed E-state index contributed by atoms with van der Waals surface area (Å²) in [5.41, 5.74) is 7.66. The third kappa shape index (κ3) is 5.02. The second-order valence-electron chi connectivity index (χ2n) is 7.55. The van der Waals surface area contributed by atoms with Crippen LogP contribution >= 0.6 is 0 Å². The Balaban J connectivity index is 1.36. The SMILES string of the molecule is Cc1ccccc1Nc1nc(N)nc(COC(=O)[C@H]2CCCN(C(=O)c3ccco3)C2)n1. The Morgan fingerprint density at radius 2 is 2.06 bits per heavy atom. The number of nitrogen functional groups attached to an aromatic ring is 1. The molecule has 1 amide bonds. The van der Waals surface area contributed by atoms with Gasteiger partial charge in [0.15, 0.2) is 18.2 Å². The van der Waals surface area contributed by atoms with Gasteiger partial charge in [0.25, 0.3) is 5.91 Å². The Bertz CT molecular complexity index is 1100. The lowest BCUT2D eigenvalue weighted by molar-refractivity contribution is -0.151. The van der Waals surface area contributed by atoms with Crippen molar-refractivity contribution in [1.82, 2.24) is 19.9 Å². The molecule has 10 nitrogen and oxygen atoms in total. The van der Waals surface area contributed by atoms with Crippen LogP contribution in [0, 0.1) is 12.8 Å². The maximum absolute atomic E-state index is 12.6. The van der Waals surface area contributed by atoms with Gasteiger partial charge in [-0.3, -0.25) is 9.59 Å². The highest BCUT2D eigenvalue weighted by atomic mass is 16.5. The molecule has 1 atom stereocenters. The topological polar surface area (TPSA) is 136 Å². The van der Waals surface area contributed by atoms with Crippen molar-refractivity contribution < 1.29 is 18.7 Å². The number of aryl methyl sites for hydroxylation is 1. The lowest BCUT2D eigenvalue weighted by Gasteiger charge is -2.30. The predicted octanol–water partition coefficient (Wildman–Crippen LogP) is 2.69. The number of nitrogens with zero attached hydrogens (tertiary/aromatic N) is 4. The van der Waals surface area contributed by atoms with Gasteiger partial charge < -0.3 is 25.1 Å². The maximum Gasteiger partial charge on any atom is 0.311 e. The Hall–Kier alpha value is -3.95. The number of piperidine rings is 1. The van der Waals surface area contributed by atoms with E-state index in [1.165, 1.54) is 6.26 Å². The number of hydrogen-bond donors (Lipinski definition) is 2. The Kier molecular flexibility index (Phi) is 6.29. The number of furan rings is 1. The summed E-state index contributed by atoms with van der Waals surface area (Å²) in [6.45, 7) is 2.66. The van der Waals surface area contributed by atoms with E-state index in [1.54, 1.807) is 17.0 Å². The van der Waals surface area contributed by atoms with E-state index in [2.05, 4.69) is 20.3 Å². The zero-order valence-electron chi connectivity index (χ0n) is 17.7. The Labute approximate surface area is 184 Å². The highest BCUT2D eigenvalue weighted by Crippen LogP contribution is 2.21. The quantitative estimate of drug-likeness (QED) is 0.559. The molecule has 0 unspecified atom stereocenters. The van der Waals surface area contributed by atoms with Crippen molar-refractivity contribution in [1.29, 1.82) is 0 Å². The Morgan fingerprint density at radius 3 is 2.84 bits per heavy atom. The maximum atomic E-state index is 12.6. The number of carbonyl (C=O) groups excluding carboxylic acids is 2. The third-order valence-corrected chi connectivity index (χ3v) is 5.21. The lowest BCUT2D eigenvalue weighted by Crippen LogP contribution is -2.42. The first-order valence-corrected chi connectivity index (χ1v) is 10.3. The molecule has 1 fully saturated rings. The number of likely N-dealkylation sites (tertiary alicyclic amines) is 1. The van der Waals surface area contributed by atoms with Crippen LogP contribution in [0.4, 0.5) is 17.6 Å². The van der Waals surface area contributed by atoms with Gasteiger partial charge in [-0.2, -0.15) is 15.0 Å². The molecular formula is C22H24N6O4. The van der Waals surface area contributed by atoms with Crippen molar-refractivity contribution in [2.75, 3.05) is 24.1 Å². The van der Waals surface area contributed by atoms with Crippen LogP contribution in [0.5, 0.6) is 0 Å². The molecule has 1 saturated heterocycles. The molecule has 0 bridgehead atoms. The smallest absolute Gasteiger partial charge is 0.311 e. The van der Waals surface area contributed by atoms with Crippen molar-refractivity contribution in [2.45, 2.75) is 26.4 Å². The number of ether oxygens (including phenoxy) is 1. The number of esters is 1. The summed E-state index contributed by atoms with van der Waals surface area (Å²) in [5, 5.41) is 3.10. The van der Waals surface area contributed by atoms with Crippen LogP contribution in [0.2, 0.25) is 0 Å². The molecule has 3 heterocycles. The lowest BCUT2D eigenvalue weighted by atomic mass is 9.98. The molecule has 3 aromatic rings. The van der Waals surface area contributed by atoms with Crippen LogP contribution in [0.3, 0.4) is 0 Å². The molecule has 32 heavy (non-hydrogen) atoms. The first kappa shape index (κ1) is 21.3. The summed E-state index contributed by atoms with van der Waals surface area (Å²) in [5.74, 6) is -0.277. The molecule has 4 rings (SSSR count). The second kappa shape index (κ2) is 9.46. The van der Waals surface area contributed by atoms with Crippen LogP contribution < -0.4 is 11.1 Å². The summed E-state index contributed by atoms with van der Waals surface area (Å²) in [6, 6.07) is 10.9. The van der Waals surface area contributed by atoms with Crippen molar-refractivity contribution in [3.05, 3.63) is 59.8 Å². The number of hydrogen-bond acceptors (Lipinski definition) is 9. The van der Waals surface area contributed by atoms with E-state index in [0.717, 1.165) is 11.3 Å². The molecule has 10 heteroatoms. The van der Waals surface area contributed by atoms with Gasteiger partial charge in [0.05, 0.1) is 12.2 Å². The van der Waals surface area contributed by atoms with E-state index in [0.29, 0.717) is 19.4 Å². The molecule has 0 saturated carbocycles. The van der Waals surface area contributed by atoms with E-state index in [4.69, 9.17) is 14.9 Å². The van der Waals surface area contributed by atoms with Gasteiger partial charge in [-0.1, -0.05) is 18.2 Å². The van der Waals surface area contributed by atoms with Gasteiger partial charge in [-0.25, -0.2) is 0 Å². The monoisotopic (exact) mass is 436 g/mol. The summed E-state index contributed by atoms with van der Waals surface area (Å²) in [6.07, 6.45) is 2.79. The molecule has 0 radical (unpaired) electrons. The standard InChI is InChI=1S/C22H24N6O4/c1-14-6-2-3-8-16(14)24-22-26-18(25-21(23)27-22)13-32-20(30)15-7-4-10-28(12-15)19(29)17-9-5-11-31-17/h2-3,5-6,8-9,11,15H,4,7,10,12-13H2,1H3,(H3,23,24,25,26,27)/t15-/m0/s1. The molecule has 0 aliphatic carbocycles. The van der Waals surface area contributed by atoms with Crippen molar-refractivity contribution in [3.63, 3.8) is 0 Å². The molecule has 1 aromatic carbocycles. The second-order valence-corrected chi connectivity index (χ2v) is 7.55. The highest BCUT2D eigenvalue weighted by Gasteiger charge is 2.31. The number of anilines is 3.